The highest BCUT2D eigenvalue weighted by Gasteiger charge is 2.38. The monoisotopic (exact) mass is 886 g/mol. The van der Waals surface area contributed by atoms with Crippen LogP contribution in [0.15, 0.2) is 65.7 Å². The van der Waals surface area contributed by atoms with Gasteiger partial charge in [-0.1, -0.05) is 44.2 Å². The Hall–Kier alpha value is -5.40. The van der Waals surface area contributed by atoms with E-state index in [1.54, 1.807) is 18.5 Å². The van der Waals surface area contributed by atoms with Gasteiger partial charge in [0.25, 0.3) is 0 Å². The van der Waals surface area contributed by atoms with E-state index in [0.717, 1.165) is 5.56 Å². The van der Waals surface area contributed by atoms with E-state index in [4.69, 9.17) is 19.2 Å². The predicted octanol–water partition coefficient (Wildman–Crippen LogP) is 1.04. The number of nitrogens with two attached hydrogens (primary N) is 1. The van der Waals surface area contributed by atoms with Gasteiger partial charge in [-0.25, -0.2) is 9.55 Å². The number of nitrogens with one attached hydrogen (secondary N) is 4. The number of nitrogens with zero attached hydrogens (tertiary/aromatic N) is 3. The average molecular weight is 887 g/mol. The first-order valence-corrected chi connectivity index (χ1v) is 21.9. The molecule has 3 heterocycles. The molecule has 0 saturated carbocycles. The minimum Gasteiger partial charge on any atom is -0.469 e. The lowest BCUT2D eigenvalue weighted by molar-refractivity contribution is -0.139. The smallest absolute Gasteiger partial charge is 0.469 e. The molecule has 1 saturated heterocycles. The number of aliphatic hydroxyl groups excluding tert-OH is 1. The van der Waals surface area contributed by atoms with Gasteiger partial charge < -0.3 is 50.9 Å². The molecule has 340 valence electrons. The number of imidazole rings is 1. The van der Waals surface area contributed by atoms with Gasteiger partial charge in [0, 0.05) is 38.2 Å². The first-order chi connectivity index (χ1) is 29.2. The number of rotatable bonds is 23. The molecule has 20 nitrogen and oxygen atoms in total. The van der Waals surface area contributed by atoms with Gasteiger partial charge in [0.2, 0.25) is 35.4 Å². The zero-order valence-corrected chi connectivity index (χ0v) is 36.7. The molecule has 0 radical (unpaired) electrons. The zero-order valence-electron chi connectivity index (χ0n) is 35.8. The van der Waals surface area contributed by atoms with Crippen LogP contribution in [0.4, 0.5) is 0 Å². The normalized spacial score (nSPS) is 17.6. The number of hydrogen-bond acceptors (Lipinski definition) is 12. The van der Waals surface area contributed by atoms with Gasteiger partial charge in [-0.05, 0) is 63.6 Å². The molecule has 21 heteroatoms. The largest absolute Gasteiger partial charge is 0.472 e. The van der Waals surface area contributed by atoms with Crippen LogP contribution in [0.1, 0.15) is 77.8 Å². The summed E-state index contributed by atoms with van der Waals surface area (Å²) in [5.41, 5.74) is 6.24. The summed E-state index contributed by atoms with van der Waals surface area (Å²) in [6.45, 7) is 9.26. The number of hydrogen-bond donors (Lipinski definition) is 7. The Balaban J connectivity index is 1.56. The first-order valence-electron chi connectivity index (χ1n) is 20.4. The van der Waals surface area contributed by atoms with Crippen LogP contribution in [0.25, 0.3) is 0 Å². The third-order valence-electron chi connectivity index (χ3n) is 10.5. The third-order valence-corrected chi connectivity index (χ3v) is 11.6. The van der Waals surface area contributed by atoms with Gasteiger partial charge in [-0.2, -0.15) is 0 Å². The van der Waals surface area contributed by atoms with Gasteiger partial charge >= 0.3 is 7.82 Å². The summed E-state index contributed by atoms with van der Waals surface area (Å²) in [6.07, 6.45) is 4.13. The minimum atomic E-state index is -4.80. The van der Waals surface area contributed by atoms with Crippen LogP contribution in [0, 0.1) is 5.92 Å². The highest BCUT2D eigenvalue weighted by atomic mass is 31.2. The number of aromatic nitrogens is 2. The Bertz CT molecular complexity index is 2040. The van der Waals surface area contributed by atoms with Gasteiger partial charge in [0.1, 0.15) is 36.0 Å². The van der Waals surface area contributed by atoms with Gasteiger partial charge in [0.15, 0.2) is 0 Å². The minimum absolute atomic E-state index is 0.0982. The van der Waals surface area contributed by atoms with Crippen molar-refractivity contribution in [3.05, 3.63) is 78.3 Å². The predicted molar refractivity (Wildman–Crippen MR) is 223 cm³/mol. The molecule has 1 aliphatic heterocycles. The van der Waals surface area contributed by atoms with Crippen molar-refractivity contribution < 1.29 is 56.8 Å². The maximum absolute atomic E-state index is 14.2. The molecule has 0 bridgehead atoms. The Morgan fingerprint density at radius 3 is 2.24 bits per heavy atom. The van der Waals surface area contributed by atoms with E-state index in [9.17, 15) is 43.3 Å². The summed E-state index contributed by atoms with van der Waals surface area (Å²) < 4.78 is 29.7. The lowest BCUT2D eigenvalue weighted by Crippen LogP contribution is -2.61. The molecule has 2 aromatic heterocycles. The number of carbonyl (C=O) groups excluding carboxylic acids is 6. The van der Waals surface area contributed by atoms with E-state index in [1.807, 2.05) is 62.6 Å². The molecule has 1 aromatic carbocycles. The summed E-state index contributed by atoms with van der Waals surface area (Å²) in [6, 6.07) is 5.92. The number of carbonyl (C=O) groups is 6. The second-order valence-electron chi connectivity index (χ2n) is 16.1. The molecule has 0 aliphatic carbocycles. The van der Waals surface area contributed by atoms with Crippen molar-refractivity contribution in [2.45, 2.75) is 115 Å². The molecule has 1 fully saturated rings. The van der Waals surface area contributed by atoms with E-state index >= 15 is 0 Å². The Morgan fingerprint density at radius 2 is 1.63 bits per heavy atom. The number of likely N-dealkylation sites (tertiary alicyclic amines) is 1. The molecule has 7 atom stereocenters. The number of phosphoric acid groups is 1. The van der Waals surface area contributed by atoms with Crippen LogP contribution in [0.2, 0.25) is 0 Å². The summed E-state index contributed by atoms with van der Waals surface area (Å²) in [5, 5.41) is 20.5. The average Bonchev–Trinajstić information content (AvgIpc) is 4.01. The fraction of sp³-hybridized carbons (Fsp3) is 0.537. The highest BCUT2D eigenvalue weighted by Crippen LogP contribution is 2.45. The third kappa shape index (κ3) is 13.5. The van der Waals surface area contributed by atoms with E-state index in [-0.39, 0.29) is 37.7 Å². The molecule has 0 spiro atoms. The summed E-state index contributed by atoms with van der Waals surface area (Å²) >= 11 is 0. The Kier molecular flexibility index (Phi) is 17.6. The topological polar surface area (TPSA) is 287 Å². The fourth-order valence-corrected chi connectivity index (χ4v) is 8.12. The summed E-state index contributed by atoms with van der Waals surface area (Å²) in [7, 11) is -4.80. The van der Waals surface area contributed by atoms with Crippen LogP contribution in [-0.2, 0) is 60.8 Å². The van der Waals surface area contributed by atoms with Crippen LogP contribution in [0.5, 0.6) is 0 Å². The van der Waals surface area contributed by atoms with Crippen molar-refractivity contribution >= 4 is 43.3 Å². The van der Waals surface area contributed by atoms with Gasteiger partial charge in [-0.15, -0.1) is 0 Å². The molecule has 4 rings (SSSR count). The van der Waals surface area contributed by atoms with Crippen LogP contribution < -0.4 is 27.0 Å². The maximum Gasteiger partial charge on any atom is 0.472 e. The second kappa shape index (κ2) is 22.1. The molecular weight excluding hydrogens is 827 g/mol. The van der Waals surface area contributed by atoms with Gasteiger partial charge in [0.05, 0.1) is 37.4 Å². The number of benzene rings is 1. The van der Waals surface area contributed by atoms with Crippen molar-refractivity contribution in [3.63, 3.8) is 0 Å². The van der Waals surface area contributed by atoms with Crippen molar-refractivity contribution in [1.82, 2.24) is 35.7 Å². The fourth-order valence-electron chi connectivity index (χ4n) is 7.20. The maximum atomic E-state index is 14.2. The lowest BCUT2D eigenvalue weighted by atomic mass is 9.93. The molecule has 8 N–H and O–H groups in total. The number of phosphoric ester groups is 1. The van der Waals surface area contributed by atoms with E-state index in [2.05, 4.69) is 26.3 Å². The van der Waals surface area contributed by atoms with Crippen molar-refractivity contribution in [1.29, 1.82) is 0 Å². The van der Waals surface area contributed by atoms with E-state index in [0.29, 0.717) is 30.8 Å². The highest BCUT2D eigenvalue weighted by molar-refractivity contribution is 7.47. The first kappa shape index (κ1) is 49.3. The van der Waals surface area contributed by atoms with Crippen molar-refractivity contribution in [2.24, 2.45) is 11.7 Å². The number of aliphatic hydroxyl groups is 1. The van der Waals surface area contributed by atoms with Gasteiger partial charge in [-0.3, -0.25) is 37.8 Å². The lowest BCUT2D eigenvalue weighted by Gasteiger charge is -2.31. The molecule has 3 aromatic rings. The Morgan fingerprint density at radius 1 is 0.968 bits per heavy atom. The van der Waals surface area contributed by atoms with Crippen LogP contribution >= 0.6 is 7.82 Å². The van der Waals surface area contributed by atoms with Crippen molar-refractivity contribution in [2.75, 3.05) is 19.8 Å². The number of primary amides is 1. The SMILES string of the molecule is CC(=O)N1CCCC1C(=O)NC(CC(C)C)C(=O)NC(Cc1cncn1C(C)(C)c1ccccc1)C(=O)NC(CO)C(=O)NC(C(N)=O)C(C)OP(=O)(O)OCCc1ccco1. The molecule has 6 amide bonds. The number of furan rings is 1. The van der Waals surface area contributed by atoms with Crippen LogP contribution in [0.3, 0.4) is 0 Å². The molecular formula is C41H59N8O12P. The van der Waals surface area contributed by atoms with E-state index in [1.165, 1.54) is 31.2 Å². The Labute approximate surface area is 360 Å². The van der Waals surface area contributed by atoms with Crippen LogP contribution in [-0.4, -0.2) is 116 Å². The van der Waals surface area contributed by atoms with Crippen molar-refractivity contribution in [3.8, 4) is 0 Å². The molecule has 62 heavy (non-hydrogen) atoms. The second-order valence-corrected chi connectivity index (χ2v) is 17.5. The number of amides is 6. The molecule has 7 unspecified atom stereocenters. The van der Waals surface area contributed by atoms with E-state index < -0.39 is 85.8 Å². The summed E-state index contributed by atoms with van der Waals surface area (Å²) in [5.74, 6) is -4.36. The quantitative estimate of drug-likeness (QED) is 0.0657. The standard InChI is InChI=1S/C41H59N8O12P/c1-25(2)20-31(45-40(56)34-15-10-17-48(34)27(4)51)37(53)44-32(21-29-22-43-24-49(29)41(5,6)28-12-8-7-9-13-28)38(54)46-33(23-50)39(55)47-35(36(42)52)26(3)61-62(57,58)60-19-16-30-14-11-18-59-30/h7-9,11-14,18,22,24-26,31-35,50H,10,15-17,19-21,23H2,1-6H3,(H2,42,52)(H,44,53)(H,45,56)(H,46,54)(H,47,55)(H,57,58). The molecule has 1 aliphatic rings. The summed E-state index contributed by atoms with van der Waals surface area (Å²) in [4.78, 5) is 96.2. The zero-order chi connectivity index (χ0) is 45.8.